The maximum absolute atomic E-state index is 12.0. The van der Waals surface area contributed by atoms with E-state index in [1.54, 1.807) is 0 Å². The lowest BCUT2D eigenvalue weighted by molar-refractivity contribution is -0.125. The highest BCUT2D eigenvalue weighted by Gasteiger charge is 2.64. The van der Waals surface area contributed by atoms with Crippen LogP contribution in [-0.2, 0) is 9.53 Å². The standard InChI is InChI=1S/C16H18O3S2/c1-6-11-9-20-12(17)8-15(11,5)16(7-2)10-21-13(18)19-14(16,3)4/h1-2,11H,8-10H2,3-5H3. The Morgan fingerprint density at radius 1 is 1.24 bits per heavy atom. The van der Waals surface area contributed by atoms with Crippen LogP contribution in [-0.4, -0.2) is 27.5 Å². The van der Waals surface area contributed by atoms with Crippen molar-refractivity contribution in [2.24, 2.45) is 16.7 Å². The predicted octanol–water partition coefficient (Wildman–Crippen LogP) is 3.19. The minimum atomic E-state index is -0.865. The third-order valence-corrected chi connectivity index (χ3v) is 6.75. The Balaban J connectivity index is 2.57. The van der Waals surface area contributed by atoms with Crippen molar-refractivity contribution < 1.29 is 14.3 Å². The average Bonchev–Trinajstić information content (AvgIpc) is 2.38. The van der Waals surface area contributed by atoms with Gasteiger partial charge in [0.15, 0.2) is 5.12 Å². The first-order valence-electron chi connectivity index (χ1n) is 6.68. The van der Waals surface area contributed by atoms with Gasteiger partial charge in [-0.15, -0.1) is 18.8 Å². The molecule has 5 heteroatoms. The monoisotopic (exact) mass is 322 g/mol. The molecule has 2 aliphatic heterocycles. The predicted molar refractivity (Wildman–Crippen MR) is 86.8 cm³/mol. The van der Waals surface area contributed by atoms with Crippen molar-refractivity contribution >= 4 is 33.9 Å². The van der Waals surface area contributed by atoms with Gasteiger partial charge in [0.25, 0.3) is 0 Å². The highest BCUT2D eigenvalue weighted by molar-refractivity contribution is 8.13. The van der Waals surface area contributed by atoms with Crippen molar-refractivity contribution in [1.82, 2.24) is 0 Å². The maximum atomic E-state index is 12.0. The Kier molecular flexibility index (Phi) is 4.12. The second-order valence-corrected chi connectivity index (χ2v) is 8.19. The molecule has 0 amide bonds. The van der Waals surface area contributed by atoms with Crippen LogP contribution < -0.4 is 0 Å². The van der Waals surface area contributed by atoms with Gasteiger partial charge in [-0.25, -0.2) is 4.79 Å². The van der Waals surface area contributed by atoms with Crippen LogP contribution in [0.1, 0.15) is 27.2 Å². The normalized spacial score (nSPS) is 39.0. The summed E-state index contributed by atoms with van der Waals surface area (Å²) in [7, 11) is 0. The zero-order valence-corrected chi connectivity index (χ0v) is 14.0. The molecule has 0 spiro atoms. The summed E-state index contributed by atoms with van der Waals surface area (Å²) in [6.07, 6.45) is 11.9. The van der Waals surface area contributed by atoms with E-state index in [0.717, 1.165) is 11.8 Å². The second-order valence-electron chi connectivity index (χ2n) is 6.20. The third-order valence-electron chi connectivity index (χ3n) is 4.89. The molecule has 0 aromatic heterocycles. The zero-order chi connectivity index (χ0) is 15.9. The Labute approximate surface area is 134 Å². The van der Waals surface area contributed by atoms with Gasteiger partial charge < -0.3 is 4.74 Å². The molecule has 3 atom stereocenters. The minimum absolute atomic E-state index is 0.0938. The Morgan fingerprint density at radius 3 is 2.43 bits per heavy atom. The molecule has 112 valence electrons. The quantitative estimate of drug-likeness (QED) is 0.548. The van der Waals surface area contributed by atoms with Crippen molar-refractivity contribution in [2.45, 2.75) is 32.8 Å². The first kappa shape index (κ1) is 16.3. The molecular formula is C16H18O3S2. The molecule has 2 rings (SSSR count). The lowest BCUT2D eigenvalue weighted by Crippen LogP contribution is -2.62. The van der Waals surface area contributed by atoms with Crippen molar-refractivity contribution in [1.29, 1.82) is 0 Å². The minimum Gasteiger partial charge on any atom is -0.450 e. The van der Waals surface area contributed by atoms with E-state index in [1.807, 2.05) is 20.8 Å². The van der Waals surface area contributed by atoms with E-state index < -0.39 is 16.4 Å². The molecule has 2 aliphatic rings. The average molecular weight is 322 g/mol. The number of carbonyl (C=O) groups excluding carboxylic acids is 2. The van der Waals surface area contributed by atoms with Gasteiger partial charge in [0.2, 0.25) is 0 Å². The molecule has 2 fully saturated rings. The Hall–Kier alpha value is -1.04. The van der Waals surface area contributed by atoms with Crippen LogP contribution in [0.25, 0.3) is 0 Å². The van der Waals surface area contributed by atoms with Gasteiger partial charge in [0.1, 0.15) is 5.60 Å². The van der Waals surface area contributed by atoms with Crippen LogP contribution in [0.2, 0.25) is 0 Å². The molecule has 0 aliphatic carbocycles. The summed E-state index contributed by atoms with van der Waals surface area (Å²) in [5, 5.41) is -0.237. The Bertz CT molecular complexity index is 569. The van der Waals surface area contributed by atoms with Crippen molar-refractivity contribution in [3.8, 4) is 24.7 Å². The van der Waals surface area contributed by atoms with E-state index >= 15 is 0 Å². The summed E-state index contributed by atoms with van der Waals surface area (Å²) in [6.45, 7) is 5.60. The van der Waals surface area contributed by atoms with Crippen LogP contribution in [0.15, 0.2) is 0 Å². The van der Waals surface area contributed by atoms with Crippen LogP contribution in [0.3, 0.4) is 0 Å². The first-order chi connectivity index (χ1) is 9.72. The topological polar surface area (TPSA) is 43.4 Å². The van der Waals surface area contributed by atoms with Crippen LogP contribution in [0, 0.1) is 41.4 Å². The van der Waals surface area contributed by atoms with Gasteiger partial charge in [-0.05, 0) is 25.6 Å². The van der Waals surface area contributed by atoms with Crippen LogP contribution in [0.4, 0.5) is 4.79 Å². The van der Waals surface area contributed by atoms with Gasteiger partial charge in [-0.2, -0.15) is 0 Å². The van der Waals surface area contributed by atoms with E-state index in [-0.39, 0.29) is 16.3 Å². The first-order valence-corrected chi connectivity index (χ1v) is 8.65. The van der Waals surface area contributed by atoms with Gasteiger partial charge in [0.05, 0.1) is 5.41 Å². The van der Waals surface area contributed by atoms with Gasteiger partial charge in [0, 0.05) is 29.3 Å². The van der Waals surface area contributed by atoms with Crippen molar-refractivity contribution in [3.63, 3.8) is 0 Å². The summed E-state index contributed by atoms with van der Waals surface area (Å²) in [5.41, 5.74) is -2.22. The molecule has 0 N–H and O–H groups in total. The molecule has 2 heterocycles. The summed E-state index contributed by atoms with van der Waals surface area (Å²) in [6, 6.07) is 0. The van der Waals surface area contributed by atoms with Crippen LogP contribution in [0.5, 0.6) is 0 Å². The lowest BCUT2D eigenvalue weighted by atomic mass is 9.52. The molecule has 0 saturated carbocycles. The fourth-order valence-corrected chi connectivity index (χ4v) is 5.99. The number of rotatable bonds is 1. The third kappa shape index (κ3) is 2.28. The van der Waals surface area contributed by atoms with E-state index in [1.165, 1.54) is 11.8 Å². The molecule has 21 heavy (non-hydrogen) atoms. The summed E-state index contributed by atoms with van der Waals surface area (Å²) in [5.74, 6) is 6.52. The molecule has 2 saturated heterocycles. The smallest absolute Gasteiger partial charge is 0.367 e. The van der Waals surface area contributed by atoms with E-state index in [0.29, 0.717) is 17.9 Å². The number of terminal acetylenes is 2. The number of thioether (sulfide) groups is 2. The largest absolute Gasteiger partial charge is 0.450 e. The molecule has 3 nitrogen and oxygen atoms in total. The fourth-order valence-electron chi connectivity index (χ4n) is 3.41. The highest BCUT2D eigenvalue weighted by Crippen LogP contribution is 2.60. The summed E-state index contributed by atoms with van der Waals surface area (Å²) in [4.78, 5) is 23.7. The summed E-state index contributed by atoms with van der Waals surface area (Å²) >= 11 is 2.33. The zero-order valence-electron chi connectivity index (χ0n) is 12.4. The molecule has 0 bridgehead atoms. The van der Waals surface area contributed by atoms with Gasteiger partial charge in [-0.1, -0.05) is 24.6 Å². The highest BCUT2D eigenvalue weighted by atomic mass is 32.2. The number of hydrogen-bond donors (Lipinski definition) is 0. The molecule has 0 aromatic carbocycles. The van der Waals surface area contributed by atoms with Gasteiger partial charge in [-0.3, -0.25) is 4.79 Å². The second kappa shape index (κ2) is 5.30. The summed E-state index contributed by atoms with van der Waals surface area (Å²) < 4.78 is 5.52. The van der Waals surface area contributed by atoms with Crippen LogP contribution >= 0.6 is 23.5 Å². The lowest BCUT2D eigenvalue weighted by Gasteiger charge is -2.57. The number of cyclic esters (lactones) is 1. The van der Waals surface area contributed by atoms with Crippen molar-refractivity contribution in [3.05, 3.63) is 0 Å². The van der Waals surface area contributed by atoms with E-state index in [2.05, 4.69) is 11.8 Å². The SMILES string of the molecule is C#CC1CSC(=O)CC1(C)C1(C#C)CSC(=O)OC1(C)C. The van der Waals surface area contributed by atoms with E-state index in [4.69, 9.17) is 17.6 Å². The molecule has 3 unspecified atom stereocenters. The molecular weight excluding hydrogens is 304 g/mol. The number of carbonyl (C=O) groups is 2. The van der Waals surface area contributed by atoms with E-state index in [9.17, 15) is 9.59 Å². The number of ether oxygens (including phenoxy) is 1. The Morgan fingerprint density at radius 2 is 1.90 bits per heavy atom. The number of hydrogen-bond acceptors (Lipinski definition) is 5. The molecule has 0 aromatic rings. The van der Waals surface area contributed by atoms with Gasteiger partial charge >= 0.3 is 5.30 Å². The molecule has 0 radical (unpaired) electrons. The fraction of sp³-hybridized carbons (Fsp3) is 0.625. The maximum Gasteiger partial charge on any atom is 0.367 e. The van der Waals surface area contributed by atoms with Crippen molar-refractivity contribution in [2.75, 3.05) is 11.5 Å².